The molecule has 2 atom stereocenters. The first-order chi connectivity index (χ1) is 7.79. The minimum Gasteiger partial charge on any atom is -0.488 e. The zero-order valence-corrected chi connectivity index (χ0v) is 9.44. The van der Waals surface area contributed by atoms with Crippen molar-refractivity contribution < 1.29 is 4.74 Å². The summed E-state index contributed by atoms with van der Waals surface area (Å²) < 4.78 is 5.79. The average molecular weight is 216 g/mol. The Morgan fingerprint density at radius 2 is 2.38 bits per heavy atom. The van der Waals surface area contributed by atoms with Gasteiger partial charge in [-0.25, -0.2) is 0 Å². The van der Waals surface area contributed by atoms with Gasteiger partial charge in [0.15, 0.2) is 0 Å². The number of fused-ring (bicyclic) bond motifs is 1. The monoisotopic (exact) mass is 216 g/mol. The lowest BCUT2D eigenvalue weighted by molar-refractivity contribution is 0.222. The van der Waals surface area contributed by atoms with Crippen LogP contribution in [-0.2, 0) is 6.42 Å². The highest BCUT2D eigenvalue weighted by molar-refractivity contribution is 5.37. The molecule has 0 spiro atoms. The van der Waals surface area contributed by atoms with Crippen molar-refractivity contribution in [3.63, 3.8) is 0 Å². The van der Waals surface area contributed by atoms with E-state index in [-0.39, 0.29) is 12.1 Å². The average Bonchev–Trinajstić information content (AvgIpc) is 2.69. The van der Waals surface area contributed by atoms with Gasteiger partial charge < -0.3 is 10.1 Å². The van der Waals surface area contributed by atoms with E-state index in [1.165, 1.54) is 5.56 Å². The Bertz CT molecular complexity index is 372. The first kappa shape index (κ1) is 11.0. The Morgan fingerprint density at radius 1 is 1.56 bits per heavy atom. The zero-order valence-electron chi connectivity index (χ0n) is 9.44. The highest BCUT2D eigenvalue weighted by Gasteiger charge is 2.22. The van der Waals surface area contributed by atoms with Crippen LogP contribution in [0.4, 0.5) is 0 Å². The van der Waals surface area contributed by atoms with E-state index >= 15 is 0 Å². The molecule has 0 saturated heterocycles. The summed E-state index contributed by atoms with van der Waals surface area (Å²) in [7, 11) is 0. The molecule has 0 aromatic heterocycles. The number of nitriles is 1. The molecule has 16 heavy (non-hydrogen) atoms. The van der Waals surface area contributed by atoms with E-state index < -0.39 is 0 Å². The van der Waals surface area contributed by atoms with Gasteiger partial charge in [-0.2, -0.15) is 5.26 Å². The molecule has 0 amide bonds. The van der Waals surface area contributed by atoms with E-state index in [0.717, 1.165) is 18.7 Å². The molecule has 84 valence electrons. The third kappa shape index (κ3) is 2.53. The maximum absolute atomic E-state index is 8.55. The van der Waals surface area contributed by atoms with Gasteiger partial charge in [0.25, 0.3) is 0 Å². The molecule has 1 heterocycles. The number of ether oxygens (including phenoxy) is 1. The van der Waals surface area contributed by atoms with Crippen LogP contribution in [0.1, 0.15) is 18.9 Å². The molecular formula is C13H16N2O. The fourth-order valence-corrected chi connectivity index (χ4v) is 1.91. The molecule has 2 unspecified atom stereocenters. The van der Waals surface area contributed by atoms with Crippen molar-refractivity contribution in [1.29, 1.82) is 5.26 Å². The first-order valence-electron chi connectivity index (χ1n) is 5.64. The normalized spacial score (nSPS) is 19.6. The van der Waals surface area contributed by atoms with E-state index in [4.69, 9.17) is 10.00 Å². The molecule has 0 radical (unpaired) electrons. The summed E-state index contributed by atoms with van der Waals surface area (Å²) in [5.41, 5.74) is 1.28. The maximum Gasteiger partial charge on any atom is 0.123 e. The lowest BCUT2D eigenvalue weighted by Gasteiger charge is -2.15. The maximum atomic E-state index is 8.55. The quantitative estimate of drug-likeness (QED) is 0.835. The van der Waals surface area contributed by atoms with E-state index in [9.17, 15) is 0 Å². The third-order valence-electron chi connectivity index (χ3n) is 2.81. The molecule has 0 aliphatic carbocycles. The Kier molecular flexibility index (Phi) is 3.43. The summed E-state index contributed by atoms with van der Waals surface area (Å²) in [6.45, 7) is 2.82. The fraction of sp³-hybridized carbons (Fsp3) is 0.462. The molecule has 1 aromatic carbocycles. The van der Waals surface area contributed by atoms with Crippen molar-refractivity contribution in [2.75, 3.05) is 6.54 Å². The largest absolute Gasteiger partial charge is 0.488 e. The molecule has 3 nitrogen and oxygen atoms in total. The van der Waals surface area contributed by atoms with Crippen LogP contribution in [0.15, 0.2) is 24.3 Å². The van der Waals surface area contributed by atoms with E-state index in [2.05, 4.69) is 17.5 Å². The first-order valence-corrected chi connectivity index (χ1v) is 5.64. The van der Waals surface area contributed by atoms with Crippen molar-refractivity contribution in [3.8, 4) is 11.8 Å². The SMILES string of the molecule is CC(CC#N)NCC1Cc2ccccc2O1. The number of nitrogens with zero attached hydrogens (tertiary/aromatic N) is 1. The van der Waals surface area contributed by atoms with Crippen molar-refractivity contribution in [1.82, 2.24) is 5.32 Å². The lowest BCUT2D eigenvalue weighted by atomic mass is 10.1. The van der Waals surface area contributed by atoms with Crippen molar-refractivity contribution >= 4 is 0 Å². The van der Waals surface area contributed by atoms with Crippen LogP contribution in [0.25, 0.3) is 0 Å². The second-order valence-corrected chi connectivity index (χ2v) is 4.22. The van der Waals surface area contributed by atoms with Crippen LogP contribution in [-0.4, -0.2) is 18.7 Å². The second-order valence-electron chi connectivity index (χ2n) is 4.22. The van der Waals surface area contributed by atoms with Gasteiger partial charge in [-0.3, -0.25) is 0 Å². The third-order valence-corrected chi connectivity index (χ3v) is 2.81. The molecule has 1 aliphatic heterocycles. The van der Waals surface area contributed by atoms with Crippen molar-refractivity contribution in [2.45, 2.75) is 31.9 Å². The van der Waals surface area contributed by atoms with Gasteiger partial charge in [0.1, 0.15) is 11.9 Å². The van der Waals surface area contributed by atoms with Gasteiger partial charge in [0.05, 0.1) is 12.5 Å². The molecule has 1 aromatic rings. The highest BCUT2D eigenvalue weighted by atomic mass is 16.5. The van der Waals surface area contributed by atoms with Crippen molar-refractivity contribution in [2.24, 2.45) is 0 Å². The molecule has 2 rings (SSSR count). The summed E-state index contributed by atoms with van der Waals surface area (Å²) in [6.07, 6.45) is 1.71. The number of nitrogens with one attached hydrogen (secondary N) is 1. The summed E-state index contributed by atoms with van der Waals surface area (Å²) in [6, 6.07) is 10.5. The number of hydrogen-bond acceptors (Lipinski definition) is 3. The number of rotatable bonds is 4. The van der Waals surface area contributed by atoms with Gasteiger partial charge in [0.2, 0.25) is 0 Å². The predicted molar refractivity (Wildman–Crippen MR) is 62.3 cm³/mol. The second kappa shape index (κ2) is 5.00. The summed E-state index contributed by atoms with van der Waals surface area (Å²) in [5.74, 6) is 1.00. The van der Waals surface area contributed by atoms with E-state index in [1.807, 2.05) is 25.1 Å². The van der Waals surface area contributed by atoms with E-state index in [0.29, 0.717) is 6.42 Å². The van der Waals surface area contributed by atoms with Crippen LogP contribution in [0.5, 0.6) is 5.75 Å². The zero-order chi connectivity index (χ0) is 11.4. The molecule has 0 bridgehead atoms. The van der Waals surface area contributed by atoms with Gasteiger partial charge in [-0.15, -0.1) is 0 Å². The minimum absolute atomic E-state index is 0.207. The van der Waals surface area contributed by atoms with Crippen LogP contribution < -0.4 is 10.1 Å². The Morgan fingerprint density at radius 3 is 3.12 bits per heavy atom. The van der Waals surface area contributed by atoms with Crippen LogP contribution in [0, 0.1) is 11.3 Å². The molecular weight excluding hydrogens is 200 g/mol. The molecule has 0 fully saturated rings. The van der Waals surface area contributed by atoms with Crippen LogP contribution in [0.3, 0.4) is 0 Å². The van der Waals surface area contributed by atoms with Crippen LogP contribution in [0.2, 0.25) is 0 Å². The minimum atomic E-state index is 0.207. The van der Waals surface area contributed by atoms with Gasteiger partial charge in [0, 0.05) is 19.0 Å². The van der Waals surface area contributed by atoms with Crippen LogP contribution >= 0.6 is 0 Å². The number of para-hydroxylation sites is 1. The number of benzene rings is 1. The van der Waals surface area contributed by atoms with Gasteiger partial charge in [-0.05, 0) is 18.6 Å². The highest BCUT2D eigenvalue weighted by Crippen LogP contribution is 2.27. The predicted octanol–water partition coefficient (Wildman–Crippen LogP) is 1.88. The summed E-state index contributed by atoms with van der Waals surface area (Å²) >= 11 is 0. The Labute approximate surface area is 96.0 Å². The van der Waals surface area contributed by atoms with Crippen molar-refractivity contribution in [3.05, 3.63) is 29.8 Å². The molecule has 0 saturated carbocycles. The molecule has 1 aliphatic rings. The van der Waals surface area contributed by atoms with Gasteiger partial charge in [-0.1, -0.05) is 18.2 Å². The Balaban J connectivity index is 1.82. The lowest BCUT2D eigenvalue weighted by Crippen LogP contribution is -2.35. The van der Waals surface area contributed by atoms with E-state index in [1.54, 1.807) is 0 Å². The van der Waals surface area contributed by atoms with Gasteiger partial charge >= 0.3 is 0 Å². The number of hydrogen-bond donors (Lipinski definition) is 1. The fourth-order valence-electron chi connectivity index (χ4n) is 1.91. The summed E-state index contributed by atoms with van der Waals surface area (Å²) in [5, 5.41) is 11.9. The molecule has 1 N–H and O–H groups in total. The summed E-state index contributed by atoms with van der Waals surface area (Å²) in [4.78, 5) is 0. The molecule has 3 heteroatoms. The topological polar surface area (TPSA) is 45.0 Å². The smallest absolute Gasteiger partial charge is 0.123 e. The standard InChI is InChI=1S/C13H16N2O/c1-10(6-7-14)15-9-12-8-11-4-2-3-5-13(11)16-12/h2-5,10,12,15H,6,8-9H2,1H3. The Hall–Kier alpha value is -1.53.